The lowest BCUT2D eigenvalue weighted by molar-refractivity contribution is 0.331. The Bertz CT molecular complexity index is 154. The first kappa shape index (κ1) is 8.57. The molecule has 0 aromatic carbocycles. The fourth-order valence-corrected chi connectivity index (χ4v) is 2.05. The van der Waals surface area contributed by atoms with Crippen LogP contribution in [-0.4, -0.2) is 23.3 Å². The Balaban J connectivity index is 2.61. The largest absolute Gasteiger partial charge is 0.358 e. The average Bonchev–Trinajstić information content (AvgIpc) is 2.30. The van der Waals surface area contributed by atoms with E-state index in [4.69, 9.17) is 5.41 Å². The van der Waals surface area contributed by atoms with E-state index in [0.29, 0.717) is 6.04 Å². The van der Waals surface area contributed by atoms with Crippen LogP contribution in [0, 0.1) is 11.3 Å². The lowest BCUT2D eigenvalue weighted by Crippen LogP contribution is -2.34. The second-order valence-electron chi connectivity index (χ2n) is 3.52. The highest BCUT2D eigenvalue weighted by Crippen LogP contribution is 2.25. The van der Waals surface area contributed by atoms with Crippen molar-refractivity contribution in [1.29, 1.82) is 5.41 Å². The van der Waals surface area contributed by atoms with Gasteiger partial charge in [0, 0.05) is 12.6 Å². The second kappa shape index (κ2) is 3.24. The number of rotatable bonds is 1. The molecule has 0 aliphatic carbocycles. The molecule has 0 amide bonds. The van der Waals surface area contributed by atoms with Gasteiger partial charge in [0.1, 0.15) is 0 Å². The first-order chi connectivity index (χ1) is 5.16. The minimum absolute atomic E-state index is 0.632. The van der Waals surface area contributed by atoms with Crippen molar-refractivity contribution in [2.75, 3.05) is 6.54 Å². The summed E-state index contributed by atoms with van der Waals surface area (Å²) in [4.78, 5) is 2.23. The number of likely N-dealkylation sites (tertiary alicyclic amines) is 1. The van der Waals surface area contributed by atoms with Gasteiger partial charge in [-0.2, -0.15) is 0 Å². The van der Waals surface area contributed by atoms with Crippen LogP contribution >= 0.6 is 0 Å². The topological polar surface area (TPSA) is 27.1 Å². The average molecular weight is 154 g/mol. The summed E-state index contributed by atoms with van der Waals surface area (Å²) in [5.41, 5.74) is 0. The Morgan fingerprint density at radius 1 is 1.64 bits per heavy atom. The van der Waals surface area contributed by atoms with Crippen LogP contribution in [0.5, 0.6) is 0 Å². The molecule has 2 unspecified atom stereocenters. The normalized spacial score (nSPS) is 31.0. The highest BCUT2D eigenvalue weighted by Gasteiger charge is 2.29. The lowest BCUT2D eigenvalue weighted by atomic mass is 10.0. The molecule has 2 heteroatoms. The van der Waals surface area contributed by atoms with Crippen molar-refractivity contribution in [3.63, 3.8) is 0 Å². The molecule has 0 bridgehead atoms. The third-order valence-corrected chi connectivity index (χ3v) is 2.73. The number of hydrogen-bond acceptors (Lipinski definition) is 1. The van der Waals surface area contributed by atoms with Crippen molar-refractivity contribution in [3.05, 3.63) is 0 Å². The van der Waals surface area contributed by atoms with E-state index in [-0.39, 0.29) is 0 Å². The van der Waals surface area contributed by atoms with Crippen LogP contribution < -0.4 is 0 Å². The van der Waals surface area contributed by atoms with E-state index in [1.165, 1.54) is 12.8 Å². The Hall–Kier alpha value is -0.530. The van der Waals surface area contributed by atoms with Crippen LogP contribution in [0.2, 0.25) is 0 Å². The summed E-state index contributed by atoms with van der Waals surface area (Å²) in [6, 6.07) is 0.632. The van der Waals surface area contributed by atoms with E-state index < -0.39 is 0 Å². The molecular weight excluding hydrogens is 136 g/mol. The van der Waals surface area contributed by atoms with Gasteiger partial charge in [-0.3, -0.25) is 5.41 Å². The van der Waals surface area contributed by atoms with Gasteiger partial charge in [-0.25, -0.2) is 0 Å². The number of nitrogens with one attached hydrogen (secondary N) is 1. The standard InChI is InChI=1S/C9H18N2/c1-4-9-7(2)5-6-11(9)8(3)10/h7,9-10H,4-6H2,1-3H3. The van der Waals surface area contributed by atoms with Gasteiger partial charge in [-0.05, 0) is 25.7 Å². The summed E-state index contributed by atoms with van der Waals surface area (Å²) in [5.74, 6) is 1.52. The van der Waals surface area contributed by atoms with E-state index in [0.717, 1.165) is 18.3 Å². The van der Waals surface area contributed by atoms with Crippen LogP contribution in [0.3, 0.4) is 0 Å². The minimum Gasteiger partial charge on any atom is -0.358 e. The van der Waals surface area contributed by atoms with Crippen LogP contribution in [0.15, 0.2) is 0 Å². The van der Waals surface area contributed by atoms with Gasteiger partial charge in [0.15, 0.2) is 0 Å². The molecule has 0 aromatic rings. The summed E-state index contributed by atoms with van der Waals surface area (Å²) in [5, 5.41) is 7.54. The third-order valence-electron chi connectivity index (χ3n) is 2.73. The minimum atomic E-state index is 0.632. The third kappa shape index (κ3) is 1.55. The molecule has 1 rings (SSSR count). The first-order valence-corrected chi connectivity index (χ1v) is 4.48. The molecule has 0 spiro atoms. The van der Waals surface area contributed by atoms with E-state index in [1.807, 2.05) is 6.92 Å². The Kier molecular flexibility index (Phi) is 2.53. The molecule has 1 aliphatic heterocycles. The zero-order chi connectivity index (χ0) is 8.43. The van der Waals surface area contributed by atoms with Crippen molar-refractivity contribution in [1.82, 2.24) is 4.90 Å². The fraction of sp³-hybridized carbons (Fsp3) is 0.889. The van der Waals surface area contributed by atoms with Gasteiger partial charge in [-0.15, -0.1) is 0 Å². The number of amidine groups is 1. The molecule has 2 atom stereocenters. The lowest BCUT2D eigenvalue weighted by Gasteiger charge is -2.26. The second-order valence-corrected chi connectivity index (χ2v) is 3.52. The molecule has 64 valence electrons. The van der Waals surface area contributed by atoms with Crippen LogP contribution in [-0.2, 0) is 0 Å². The SMILES string of the molecule is CCC1C(C)CCN1C(C)=N. The van der Waals surface area contributed by atoms with Crippen molar-refractivity contribution in [2.24, 2.45) is 5.92 Å². The molecule has 2 nitrogen and oxygen atoms in total. The fourth-order valence-electron chi connectivity index (χ4n) is 2.05. The van der Waals surface area contributed by atoms with E-state index >= 15 is 0 Å². The monoisotopic (exact) mass is 154 g/mol. The first-order valence-electron chi connectivity index (χ1n) is 4.48. The summed E-state index contributed by atoms with van der Waals surface area (Å²) in [6.07, 6.45) is 2.44. The summed E-state index contributed by atoms with van der Waals surface area (Å²) in [7, 11) is 0. The molecule has 1 heterocycles. The zero-order valence-electron chi connectivity index (χ0n) is 7.72. The van der Waals surface area contributed by atoms with E-state index in [9.17, 15) is 0 Å². The van der Waals surface area contributed by atoms with Crippen LogP contribution in [0.4, 0.5) is 0 Å². The van der Waals surface area contributed by atoms with Gasteiger partial charge in [0.25, 0.3) is 0 Å². The smallest absolute Gasteiger partial charge is 0.0928 e. The maximum Gasteiger partial charge on any atom is 0.0928 e. The highest BCUT2D eigenvalue weighted by atomic mass is 15.2. The summed E-state index contributed by atoms with van der Waals surface area (Å²) in [6.45, 7) is 7.48. The quantitative estimate of drug-likeness (QED) is 0.454. The molecule has 1 N–H and O–H groups in total. The number of nitrogens with zero attached hydrogens (tertiary/aromatic N) is 1. The molecule has 1 saturated heterocycles. The maximum atomic E-state index is 7.54. The van der Waals surface area contributed by atoms with Gasteiger partial charge in [0.2, 0.25) is 0 Å². The Morgan fingerprint density at radius 3 is 2.64 bits per heavy atom. The Labute approximate surface area is 69.1 Å². The van der Waals surface area contributed by atoms with Crippen LogP contribution in [0.25, 0.3) is 0 Å². The summed E-state index contributed by atoms with van der Waals surface area (Å²) < 4.78 is 0. The van der Waals surface area contributed by atoms with Gasteiger partial charge < -0.3 is 4.90 Å². The van der Waals surface area contributed by atoms with Crippen molar-refractivity contribution < 1.29 is 0 Å². The summed E-state index contributed by atoms with van der Waals surface area (Å²) >= 11 is 0. The van der Waals surface area contributed by atoms with Gasteiger partial charge >= 0.3 is 0 Å². The van der Waals surface area contributed by atoms with Crippen molar-refractivity contribution >= 4 is 5.84 Å². The molecular formula is C9H18N2. The zero-order valence-corrected chi connectivity index (χ0v) is 7.72. The highest BCUT2D eigenvalue weighted by molar-refractivity contribution is 5.76. The molecule has 0 aromatic heterocycles. The van der Waals surface area contributed by atoms with Gasteiger partial charge in [-0.1, -0.05) is 13.8 Å². The predicted molar refractivity (Wildman–Crippen MR) is 48.0 cm³/mol. The molecule has 0 saturated carbocycles. The van der Waals surface area contributed by atoms with Gasteiger partial charge in [0.05, 0.1) is 5.84 Å². The molecule has 0 radical (unpaired) electrons. The van der Waals surface area contributed by atoms with E-state index in [2.05, 4.69) is 18.7 Å². The van der Waals surface area contributed by atoms with Crippen molar-refractivity contribution in [3.8, 4) is 0 Å². The van der Waals surface area contributed by atoms with Crippen LogP contribution in [0.1, 0.15) is 33.6 Å². The maximum absolute atomic E-state index is 7.54. The Morgan fingerprint density at radius 2 is 2.27 bits per heavy atom. The number of hydrogen-bond donors (Lipinski definition) is 1. The van der Waals surface area contributed by atoms with Crippen molar-refractivity contribution in [2.45, 2.75) is 39.7 Å². The molecule has 11 heavy (non-hydrogen) atoms. The molecule has 1 aliphatic rings. The predicted octanol–water partition coefficient (Wildman–Crippen LogP) is 2.10. The van der Waals surface area contributed by atoms with E-state index in [1.54, 1.807) is 0 Å². The molecule has 1 fully saturated rings.